The molecule has 3 nitrogen and oxygen atoms in total. The van der Waals surface area contributed by atoms with Crippen LogP contribution in [0, 0.1) is 23.2 Å². The molecule has 0 aromatic rings. The molecule has 0 radical (unpaired) electrons. The quantitative estimate of drug-likeness (QED) is 0.789. The van der Waals surface area contributed by atoms with Crippen molar-refractivity contribution in [1.82, 2.24) is 0 Å². The summed E-state index contributed by atoms with van der Waals surface area (Å²) in [6, 6.07) is 0. The summed E-state index contributed by atoms with van der Waals surface area (Å²) in [7, 11) is 1.74. The van der Waals surface area contributed by atoms with Crippen molar-refractivity contribution in [2.24, 2.45) is 23.2 Å². The molecule has 4 aliphatic rings. The summed E-state index contributed by atoms with van der Waals surface area (Å²) in [4.78, 5) is 13.1. The van der Waals surface area contributed by atoms with E-state index in [-0.39, 0.29) is 17.4 Å². The summed E-state index contributed by atoms with van der Waals surface area (Å²) in [6.45, 7) is 2.16. The van der Waals surface area contributed by atoms with Crippen LogP contribution in [0.4, 0.5) is 0 Å². The van der Waals surface area contributed by atoms with Crippen molar-refractivity contribution in [3.8, 4) is 0 Å². The molecule has 0 bridgehead atoms. The second-order valence-corrected chi connectivity index (χ2v) is 7.99. The van der Waals surface area contributed by atoms with Crippen molar-refractivity contribution < 1.29 is 14.6 Å². The van der Waals surface area contributed by atoms with Gasteiger partial charge in [0.25, 0.3) is 0 Å². The minimum absolute atomic E-state index is 0.126. The average Bonchev–Trinajstić information content (AvgIpc) is 2.91. The molecule has 1 N–H and O–H groups in total. The molecule has 0 saturated heterocycles. The molecular weight excluding hydrogens is 288 g/mol. The molecule has 2 saturated carbocycles. The third-order valence-corrected chi connectivity index (χ3v) is 7.42. The molecule has 5 atom stereocenters. The molecule has 0 aliphatic heterocycles. The number of aliphatic hydroxyl groups is 1. The Bertz CT molecular complexity index is 588. The van der Waals surface area contributed by atoms with Gasteiger partial charge < -0.3 is 9.84 Å². The van der Waals surface area contributed by atoms with E-state index in [2.05, 4.69) is 13.0 Å². The Balaban J connectivity index is 1.68. The van der Waals surface area contributed by atoms with Crippen molar-refractivity contribution in [1.29, 1.82) is 0 Å². The largest absolute Gasteiger partial charge is 0.501 e. The number of aliphatic hydroxyl groups excluding tert-OH is 1. The number of hydrogen-bond acceptors (Lipinski definition) is 3. The first kappa shape index (κ1) is 15.4. The smallest absolute Gasteiger partial charge is 0.140 e. The third-order valence-electron chi connectivity index (χ3n) is 7.42. The lowest BCUT2D eigenvalue weighted by Crippen LogP contribution is -2.50. The van der Waals surface area contributed by atoms with Gasteiger partial charge in [-0.15, -0.1) is 0 Å². The van der Waals surface area contributed by atoms with Crippen LogP contribution in [0.15, 0.2) is 23.0 Å². The molecule has 0 spiro atoms. The third kappa shape index (κ3) is 2.08. The van der Waals surface area contributed by atoms with E-state index in [4.69, 9.17) is 4.74 Å². The highest BCUT2D eigenvalue weighted by atomic mass is 16.5. The molecule has 0 amide bonds. The Morgan fingerprint density at radius 2 is 2.17 bits per heavy atom. The number of allylic oxidation sites excluding steroid dienone is 3. The molecule has 0 aromatic heterocycles. The van der Waals surface area contributed by atoms with Gasteiger partial charge in [-0.05, 0) is 56.4 Å². The van der Waals surface area contributed by atoms with Crippen LogP contribution in [-0.2, 0) is 9.53 Å². The van der Waals surface area contributed by atoms with Gasteiger partial charge >= 0.3 is 0 Å². The first-order chi connectivity index (χ1) is 11.1. The standard InChI is InChI=1S/C20H28O3/c1-3-20-11-17(21)19-14-7-5-13(23-2)10-12(14)4-6-15(19)16(20)8-9-18(20)22/h5,15-16,18-19,22H,3-4,6-11H2,1-2H3. The van der Waals surface area contributed by atoms with Gasteiger partial charge in [-0.1, -0.05) is 18.1 Å². The monoisotopic (exact) mass is 316 g/mol. The minimum Gasteiger partial charge on any atom is -0.501 e. The molecule has 0 aromatic carbocycles. The highest BCUT2D eigenvalue weighted by Crippen LogP contribution is 2.61. The van der Waals surface area contributed by atoms with Crippen molar-refractivity contribution in [2.75, 3.05) is 7.11 Å². The van der Waals surface area contributed by atoms with E-state index in [1.807, 2.05) is 0 Å². The average molecular weight is 316 g/mol. The van der Waals surface area contributed by atoms with Gasteiger partial charge in [-0.25, -0.2) is 0 Å². The number of hydrogen-bond donors (Lipinski definition) is 1. The van der Waals surface area contributed by atoms with Gasteiger partial charge in [0.2, 0.25) is 0 Å². The second-order valence-electron chi connectivity index (χ2n) is 7.99. The lowest BCUT2D eigenvalue weighted by molar-refractivity contribution is -0.139. The fraction of sp³-hybridized carbons (Fsp3) is 0.750. The predicted octanol–water partition coefficient (Wildman–Crippen LogP) is 3.77. The molecule has 126 valence electrons. The number of fused-ring (bicyclic) bond motifs is 4. The highest BCUT2D eigenvalue weighted by Gasteiger charge is 2.59. The summed E-state index contributed by atoms with van der Waals surface area (Å²) >= 11 is 0. The normalized spacial score (nSPS) is 42.7. The van der Waals surface area contributed by atoms with E-state index in [1.165, 1.54) is 11.1 Å². The Kier molecular flexibility index (Phi) is 3.67. The van der Waals surface area contributed by atoms with E-state index in [0.717, 1.165) is 50.7 Å². The predicted molar refractivity (Wildman–Crippen MR) is 88.6 cm³/mol. The van der Waals surface area contributed by atoms with E-state index >= 15 is 0 Å². The summed E-state index contributed by atoms with van der Waals surface area (Å²) < 4.78 is 5.43. The van der Waals surface area contributed by atoms with Gasteiger partial charge in [0.05, 0.1) is 19.0 Å². The number of rotatable bonds is 2. The molecule has 3 heteroatoms. The summed E-state index contributed by atoms with van der Waals surface area (Å²) in [5.74, 6) is 2.58. The lowest BCUT2D eigenvalue weighted by Gasteiger charge is -2.51. The Labute approximate surface area is 138 Å². The molecule has 0 heterocycles. The fourth-order valence-corrected chi connectivity index (χ4v) is 6.25. The van der Waals surface area contributed by atoms with Crippen LogP contribution in [0.1, 0.15) is 58.3 Å². The Morgan fingerprint density at radius 1 is 1.35 bits per heavy atom. The van der Waals surface area contributed by atoms with E-state index < -0.39 is 0 Å². The van der Waals surface area contributed by atoms with E-state index in [9.17, 15) is 9.90 Å². The summed E-state index contributed by atoms with van der Waals surface area (Å²) in [6.07, 6.45) is 9.42. The number of ketones is 1. The van der Waals surface area contributed by atoms with Gasteiger partial charge in [0, 0.05) is 24.2 Å². The molecule has 5 unspecified atom stereocenters. The maximum atomic E-state index is 13.1. The van der Waals surface area contributed by atoms with Crippen LogP contribution in [-0.4, -0.2) is 24.1 Å². The van der Waals surface area contributed by atoms with Gasteiger partial charge in [0.15, 0.2) is 0 Å². The van der Waals surface area contributed by atoms with Crippen LogP contribution in [0.2, 0.25) is 0 Å². The van der Waals surface area contributed by atoms with Crippen molar-refractivity contribution in [2.45, 2.75) is 64.4 Å². The summed E-state index contributed by atoms with van der Waals surface area (Å²) in [5, 5.41) is 10.6. The van der Waals surface area contributed by atoms with Crippen LogP contribution in [0.25, 0.3) is 0 Å². The second kappa shape index (κ2) is 5.47. The van der Waals surface area contributed by atoms with Gasteiger partial charge in [-0.2, -0.15) is 0 Å². The molecule has 23 heavy (non-hydrogen) atoms. The zero-order valence-electron chi connectivity index (χ0n) is 14.3. The Morgan fingerprint density at radius 3 is 2.91 bits per heavy atom. The maximum Gasteiger partial charge on any atom is 0.140 e. The maximum absolute atomic E-state index is 13.1. The molecular formula is C20H28O3. The number of methoxy groups -OCH3 is 1. The first-order valence-corrected chi connectivity index (χ1v) is 9.25. The number of carbonyl (C=O) groups is 1. The zero-order valence-corrected chi connectivity index (χ0v) is 14.3. The van der Waals surface area contributed by atoms with E-state index in [1.54, 1.807) is 7.11 Å². The van der Waals surface area contributed by atoms with Crippen molar-refractivity contribution in [3.63, 3.8) is 0 Å². The van der Waals surface area contributed by atoms with Gasteiger partial charge in [-0.3, -0.25) is 4.79 Å². The molecule has 2 fully saturated rings. The number of carbonyl (C=O) groups excluding carboxylic acids is 1. The fourth-order valence-electron chi connectivity index (χ4n) is 6.25. The molecule has 4 rings (SSSR count). The van der Waals surface area contributed by atoms with Crippen LogP contribution < -0.4 is 0 Å². The first-order valence-electron chi connectivity index (χ1n) is 9.25. The highest BCUT2D eigenvalue weighted by molar-refractivity contribution is 5.86. The lowest BCUT2D eigenvalue weighted by atomic mass is 9.53. The SMILES string of the molecule is CCC12CC(=O)C3C4=C(CCC3C1CCC2O)CC(OC)=CC4. The van der Waals surface area contributed by atoms with Crippen LogP contribution >= 0.6 is 0 Å². The van der Waals surface area contributed by atoms with E-state index in [0.29, 0.717) is 24.0 Å². The van der Waals surface area contributed by atoms with Crippen molar-refractivity contribution >= 4 is 5.78 Å². The Hall–Kier alpha value is -1.09. The summed E-state index contributed by atoms with van der Waals surface area (Å²) in [5.41, 5.74) is 2.73. The van der Waals surface area contributed by atoms with Crippen molar-refractivity contribution in [3.05, 3.63) is 23.0 Å². The minimum atomic E-state index is -0.274. The van der Waals surface area contributed by atoms with Crippen LogP contribution in [0.3, 0.4) is 0 Å². The van der Waals surface area contributed by atoms with Crippen LogP contribution in [0.5, 0.6) is 0 Å². The number of ether oxygens (including phenoxy) is 1. The topological polar surface area (TPSA) is 46.5 Å². The molecule has 4 aliphatic carbocycles. The zero-order chi connectivity index (χ0) is 16.2. The van der Waals surface area contributed by atoms with Gasteiger partial charge in [0.1, 0.15) is 5.78 Å². The number of Topliss-reactive ketones (excluding diaryl/α,β-unsaturated/α-hetero) is 1.